The van der Waals surface area contributed by atoms with Crippen molar-refractivity contribution in [1.82, 2.24) is 14.3 Å². The molecule has 0 spiro atoms. The number of carbonyl (C=O) groups excluding carboxylic acids is 2. The number of amides is 3. The summed E-state index contributed by atoms with van der Waals surface area (Å²) >= 11 is 1.46. The zero-order valence-electron chi connectivity index (χ0n) is 18.9. The number of hydrogen-bond acceptors (Lipinski definition) is 5. The quantitative estimate of drug-likeness (QED) is 0.534. The second-order valence-corrected chi connectivity index (χ2v) is 9.69. The number of thiazole rings is 1. The Morgan fingerprint density at radius 2 is 2.06 bits per heavy atom. The topological polar surface area (TPSA) is 116 Å². The molecule has 3 aromatic rings. The van der Waals surface area contributed by atoms with Crippen molar-refractivity contribution in [2.45, 2.75) is 25.6 Å². The molecule has 1 aromatic carbocycles. The average Bonchev–Trinajstić information content (AvgIpc) is 3.39. The molecule has 0 saturated heterocycles. The Bertz CT molecular complexity index is 1390. The van der Waals surface area contributed by atoms with Crippen LogP contribution < -0.4 is 16.2 Å². The van der Waals surface area contributed by atoms with Gasteiger partial charge >= 0.3 is 12.4 Å². The maximum atomic E-state index is 13.1. The number of allylic oxidation sites excluding steroid dienone is 2. The number of nitrogens with zero attached hydrogens (tertiary/aromatic N) is 3. The highest BCUT2D eigenvalue weighted by Gasteiger charge is 2.46. The smallest absolute Gasteiger partial charge is 0.406 e. The number of ether oxygens (including phenoxy) is 1. The molecule has 12 heteroatoms. The summed E-state index contributed by atoms with van der Waals surface area (Å²) in [6.07, 6.45) is 1.47. The van der Waals surface area contributed by atoms with Crippen molar-refractivity contribution in [2.24, 2.45) is 16.9 Å². The first-order valence-electron chi connectivity index (χ1n) is 11.1. The van der Waals surface area contributed by atoms with Gasteiger partial charge in [-0.25, -0.2) is 9.78 Å². The van der Waals surface area contributed by atoms with Gasteiger partial charge < -0.3 is 21.1 Å². The lowest BCUT2D eigenvalue weighted by Gasteiger charge is -2.43. The molecule has 0 bridgehead atoms. The maximum absolute atomic E-state index is 13.1. The summed E-state index contributed by atoms with van der Waals surface area (Å²) in [5, 5.41) is 1.90. The minimum atomic E-state index is -4.82. The molecule has 0 radical (unpaired) electrons. The van der Waals surface area contributed by atoms with Crippen LogP contribution in [0.5, 0.6) is 5.75 Å². The number of primary amides is 2. The Morgan fingerprint density at radius 3 is 2.75 bits per heavy atom. The van der Waals surface area contributed by atoms with Crippen LogP contribution in [0.25, 0.3) is 10.5 Å². The van der Waals surface area contributed by atoms with Crippen molar-refractivity contribution in [3.63, 3.8) is 0 Å². The zero-order valence-corrected chi connectivity index (χ0v) is 19.7. The fourth-order valence-electron chi connectivity index (χ4n) is 5.05. The van der Waals surface area contributed by atoms with Gasteiger partial charge in [0.25, 0.3) is 0 Å². The SMILES string of the molecule is NC(=O)N1CCC2=C(C1)C(Cc1cn3ccsc3n1)(C(N)=O)CC=C2c1cccc(OC(F)(F)F)c1. The Hall–Kier alpha value is -3.80. The van der Waals surface area contributed by atoms with E-state index < -0.39 is 23.7 Å². The molecule has 3 amide bonds. The van der Waals surface area contributed by atoms with E-state index in [2.05, 4.69) is 9.72 Å². The van der Waals surface area contributed by atoms with Crippen molar-refractivity contribution in [1.29, 1.82) is 0 Å². The van der Waals surface area contributed by atoms with E-state index in [0.29, 0.717) is 35.4 Å². The molecule has 1 aliphatic heterocycles. The third-order valence-electron chi connectivity index (χ3n) is 6.69. The summed E-state index contributed by atoms with van der Waals surface area (Å²) in [4.78, 5) is 31.9. The van der Waals surface area contributed by atoms with Gasteiger partial charge in [-0.1, -0.05) is 18.2 Å². The second kappa shape index (κ2) is 8.70. The predicted octanol–water partition coefficient (Wildman–Crippen LogP) is 3.88. The van der Waals surface area contributed by atoms with Gasteiger partial charge in [-0.2, -0.15) is 0 Å². The molecule has 1 unspecified atom stereocenters. The molecule has 0 saturated carbocycles. The number of fused-ring (bicyclic) bond motifs is 1. The zero-order chi connectivity index (χ0) is 25.7. The largest absolute Gasteiger partial charge is 0.573 e. The van der Waals surface area contributed by atoms with Crippen molar-refractivity contribution < 1.29 is 27.5 Å². The van der Waals surface area contributed by atoms with Crippen LogP contribution in [0.3, 0.4) is 0 Å². The van der Waals surface area contributed by atoms with Crippen LogP contribution in [-0.2, 0) is 11.2 Å². The number of rotatable bonds is 5. The molecular weight excluding hydrogens is 495 g/mol. The van der Waals surface area contributed by atoms with Crippen LogP contribution in [0, 0.1) is 5.41 Å². The molecule has 8 nitrogen and oxygen atoms in total. The van der Waals surface area contributed by atoms with Crippen LogP contribution >= 0.6 is 11.3 Å². The predicted molar refractivity (Wildman–Crippen MR) is 127 cm³/mol. The van der Waals surface area contributed by atoms with E-state index in [1.54, 1.807) is 6.07 Å². The summed E-state index contributed by atoms with van der Waals surface area (Å²) in [5.41, 5.74) is 13.7. The molecule has 4 N–H and O–H groups in total. The van der Waals surface area contributed by atoms with Crippen LogP contribution in [0.15, 0.2) is 59.3 Å². The lowest BCUT2D eigenvalue weighted by Crippen LogP contribution is -2.50. The fourth-order valence-corrected chi connectivity index (χ4v) is 5.77. The van der Waals surface area contributed by atoms with E-state index in [1.807, 2.05) is 28.3 Å². The van der Waals surface area contributed by atoms with Gasteiger partial charge in [0.05, 0.1) is 11.1 Å². The number of urea groups is 1. The lowest BCUT2D eigenvalue weighted by atomic mass is 9.65. The van der Waals surface area contributed by atoms with Crippen LogP contribution in [0.2, 0.25) is 0 Å². The van der Waals surface area contributed by atoms with Gasteiger partial charge in [-0.05, 0) is 47.3 Å². The minimum Gasteiger partial charge on any atom is -0.406 e. The molecule has 1 atom stereocenters. The fraction of sp³-hybridized carbons (Fsp3) is 0.292. The highest BCUT2D eigenvalue weighted by Crippen LogP contribution is 2.48. The van der Waals surface area contributed by atoms with E-state index >= 15 is 0 Å². The molecule has 5 rings (SSSR count). The monoisotopic (exact) mass is 517 g/mol. The van der Waals surface area contributed by atoms with Gasteiger partial charge in [-0.3, -0.25) is 9.20 Å². The molecule has 188 valence electrons. The summed E-state index contributed by atoms with van der Waals surface area (Å²) in [6.45, 7) is 0.394. The number of nitrogens with two attached hydrogens (primary N) is 2. The van der Waals surface area contributed by atoms with E-state index in [9.17, 15) is 22.8 Å². The van der Waals surface area contributed by atoms with Crippen LogP contribution in [-0.4, -0.2) is 45.7 Å². The molecule has 1 aliphatic carbocycles. The second-order valence-electron chi connectivity index (χ2n) is 8.81. The van der Waals surface area contributed by atoms with E-state index in [1.165, 1.54) is 34.4 Å². The number of alkyl halides is 3. The number of benzene rings is 1. The molecule has 36 heavy (non-hydrogen) atoms. The molecule has 2 aliphatic rings. The highest BCUT2D eigenvalue weighted by atomic mass is 32.1. The first-order chi connectivity index (χ1) is 17.1. The van der Waals surface area contributed by atoms with Crippen molar-refractivity contribution in [3.05, 3.63) is 70.5 Å². The Morgan fingerprint density at radius 1 is 1.25 bits per heavy atom. The number of hydrogen-bond donors (Lipinski definition) is 2. The van der Waals surface area contributed by atoms with E-state index in [-0.39, 0.29) is 25.1 Å². The van der Waals surface area contributed by atoms with Crippen LogP contribution in [0.4, 0.5) is 18.0 Å². The summed E-state index contributed by atoms with van der Waals surface area (Å²) in [6, 6.07) is 5.07. The standard InChI is InChI=1S/C24H22F3N5O3S/c25-24(26,27)35-16-3-1-2-14(10-16)17-4-6-23(20(28)33,11-15-12-32-8-9-36-22(32)30-15)19-13-31(21(29)34)7-5-18(17)19/h1-4,8-10,12H,5-7,11,13H2,(H2,28,33)(H2,29,34). The summed E-state index contributed by atoms with van der Waals surface area (Å²) in [5.74, 6) is -0.912. The van der Waals surface area contributed by atoms with Crippen molar-refractivity contribution >= 4 is 33.8 Å². The normalized spacial score (nSPS) is 20.3. The first-order valence-corrected chi connectivity index (χ1v) is 12.0. The number of imidazole rings is 1. The van der Waals surface area contributed by atoms with Gasteiger partial charge in [-0.15, -0.1) is 24.5 Å². The van der Waals surface area contributed by atoms with Crippen molar-refractivity contribution in [3.8, 4) is 5.75 Å². The molecular formula is C24H22F3N5O3S. The average molecular weight is 518 g/mol. The lowest BCUT2D eigenvalue weighted by molar-refractivity contribution is -0.274. The maximum Gasteiger partial charge on any atom is 0.573 e. The third kappa shape index (κ3) is 4.32. The number of aromatic nitrogens is 2. The third-order valence-corrected chi connectivity index (χ3v) is 7.46. The Kier molecular flexibility index (Phi) is 5.78. The molecule has 3 heterocycles. The van der Waals surface area contributed by atoms with Crippen molar-refractivity contribution in [2.75, 3.05) is 13.1 Å². The van der Waals surface area contributed by atoms with Gasteiger partial charge in [0.1, 0.15) is 5.75 Å². The van der Waals surface area contributed by atoms with Crippen LogP contribution in [0.1, 0.15) is 24.1 Å². The summed E-state index contributed by atoms with van der Waals surface area (Å²) < 4.78 is 44.4. The Labute approximate surface area is 207 Å². The summed E-state index contributed by atoms with van der Waals surface area (Å²) in [7, 11) is 0. The van der Waals surface area contributed by atoms with Gasteiger partial charge in [0, 0.05) is 37.3 Å². The number of halogens is 3. The molecule has 0 fully saturated rings. The van der Waals surface area contributed by atoms with E-state index in [4.69, 9.17) is 11.5 Å². The minimum absolute atomic E-state index is 0.0892. The first kappa shape index (κ1) is 23.9. The Balaban J connectivity index is 1.59. The van der Waals surface area contributed by atoms with Gasteiger partial charge in [0.2, 0.25) is 5.91 Å². The number of carbonyl (C=O) groups is 2. The highest BCUT2D eigenvalue weighted by molar-refractivity contribution is 7.15. The van der Waals surface area contributed by atoms with Gasteiger partial charge in [0.15, 0.2) is 4.96 Å². The molecule has 2 aromatic heterocycles. The van der Waals surface area contributed by atoms with E-state index in [0.717, 1.165) is 10.5 Å².